The molecule has 0 unspecified atom stereocenters. The normalized spacial score (nSPS) is 12.8. The zero-order valence-corrected chi connectivity index (χ0v) is 10.3. The van der Waals surface area contributed by atoms with Crippen molar-refractivity contribution in [3.63, 3.8) is 0 Å². The number of ether oxygens (including phenoxy) is 1. The van der Waals surface area contributed by atoms with Gasteiger partial charge in [-0.15, -0.1) is 0 Å². The third-order valence-electron chi connectivity index (χ3n) is 2.20. The summed E-state index contributed by atoms with van der Waals surface area (Å²) in [6.07, 6.45) is 0. The van der Waals surface area contributed by atoms with Gasteiger partial charge in [0.1, 0.15) is 0 Å². The molecular formula is C12H18KNO6. The zero-order chi connectivity index (χ0) is 13.4. The summed E-state index contributed by atoms with van der Waals surface area (Å²) in [6.45, 7) is 3.83. The van der Waals surface area contributed by atoms with Gasteiger partial charge in [0.15, 0.2) is 0 Å². The van der Waals surface area contributed by atoms with Crippen molar-refractivity contribution in [2.75, 3.05) is 26.3 Å². The SMILES string of the molecule is C1COCCN1.O.O=C(O)c1cccc(C(=O)O)c1.[KH]. The van der Waals surface area contributed by atoms with Crippen molar-refractivity contribution in [2.24, 2.45) is 0 Å². The molecule has 7 nitrogen and oxygen atoms in total. The Morgan fingerprint density at radius 2 is 1.50 bits per heavy atom. The first-order valence-electron chi connectivity index (χ1n) is 5.46. The molecule has 1 aromatic rings. The van der Waals surface area contributed by atoms with Gasteiger partial charge in [-0.1, -0.05) is 6.07 Å². The van der Waals surface area contributed by atoms with Crippen LogP contribution in [-0.2, 0) is 4.74 Å². The molecule has 5 N–H and O–H groups in total. The summed E-state index contributed by atoms with van der Waals surface area (Å²) in [5.74, 6) is -2.25. The first-order valence-corrected chi connectivity index (χ1v) is 5.46. The first kappa shape index (κ1) is 22.0. The van der Waals surface area contributed by atoms with E-state index < -0.39 is 11.9 Å². The van der Waals surface area contributed by atoms with Gasteiger partial charge in [0.25, 0.3) is 0 Å². The topological polar surface area (TPSA) is 127 Å². The molecule has 0 aliphatic carbocycles. The molecule has 108 valence electrons. The number of carboxylic acid groups (broad SMARTS) is 2. The quantitative estimate of drug-likeness (QED) is 0.615. The molecule has 1 heterocycles. The number of aromatic carboxylic acids is 2. The number of hydrogen-bond acceptors (Lipinski definition) is 4. The minimum atomic E-state index is -1.13. The second kappa shape index (κ2) is 12.4. The minimum absolute atomic E-state index is 0. The summed E-state index contributed by atoms with van der Waals surface area (Å²) in [4.78, 5) is 20.8. The van der Waals surface area contributed by atoms with Gasteiger partial charge in [-0.25, -0.2) is 9.59 Å². The van der Waals surface area contributed by atoms with Crippen molar-refractivity contribution in [1.29, 1.82) is 0 Å². The van der Waals surface area contributed by atoms with Crippen molar-refractivity contribution in [3.05, 3.63) is 35.4 Å². The fraction of sp³-hybridized carbons (Fsp3) is 0.333. The number of morpholine rings is 1. The molecule has 1 saturated heterocycles. The maximum atomic E-state index is 10.4. The average molecular weight is 311 g/mol. The summed E-state index contributed by atoms with van der Waals surface area (Å²) in [7, 11) is 0. The van der Waals surface area contributed by atoms with Crippen LogP contribution in [0.4, 0.5) is 0 Å². The monoisotopic (exact) mass is 311 g/mol. The fourth-order valence-electron chi connectivity index (χ4n) is 1.30. The number of benzene rings is 1. The number of rotatable bonds is 2. The Bertz CT molecular complexity index is 381. The summed E-state index contributed by atoms with van der Waals surface area (Å²) in [6, 6.07) is 5.20. The predicted molar refractivity (Wildman–Crippen MR) is 74.8 cm³/mol. The molecular weight excluding hydrogens is 293 g/mol. The van der Waals surface area contributed by atoms with Crippen LogP contribution in [-0.4, -0.2) is 105 Å². The molecule has 0 bridgehead atoms. The van der Waals surface area contributed by atoms with Crippen LogP contribution in [0.1, 0.15) is 20.7 Å². The second-order valence-electron chi connectivity index (χ2n) is 3.55. The van der Waals surface area contributed by atoms with Crippen LogP contribution in [0.5, 0.6) is 0 Å². The number of hydrogen-bond donors (Lipinski definition) is 3. The summed E-state index contributed by atoms with van der Waals surface area (Å²) in [5, 5.41) is 20.2. The Balaban J connectivity index is 0. The molecule has 0 spiro atoms. The van der Waals surface area contributed by atoms with E-state index in [-0.39, 0.29) is 68.0 Å². The van der Waals surface area contributed by atoms with E-state index in [1.807, 2.05) is 0 Å². The van der Waals surface area contributed by atoms with Crippen molar-refractivity contribution in [1.82, 2.24) is 5.32 Å². The molecule has 1 aliphatic heterocycles. The third kappa shape index (κ3) is 8.77. The van der Waals surface area contributed by atoms with E-state index >= 15 is 0 Å². The van der Waals surface area contributed by atoms with Crippen LogP contribution in [0.3, 0.4) is 0 Å². The van der Waals surface area contributed by atoms with Gasteiger partial charge in [-0.05, 0) is 18.2 Å². The Hall–Kier alpha value is -0.324. The van der Waals surface area contributed by atoms with Gasteiger partial charge >= 0.3 is 63.3 Å². The molecule has 2 rings (SSSR count). The van der Waals surface area contributed by atoms with Crippen LogP contribution in [0.25, 0.3) is 0 Å². The van der Waals surface area contributed by atoms with Gasteiger partial charge in [-0.2, -0.15) is 0 Å². The molecule has 1 fully saturated rings. The number of carbonyl (C=O) groups is 2. The number of nitrogens with one attached hydrogen (secondary N) is 1. The molecule has 0 atom stereocenters. The van der Waals surface area contributed by atoms with Crippen LogP contribution in [0.15, 0.2) is 24.3 Å². The maximum absolute atomic E-state index is 10.4. The van der Waals surface area contributed by atoms with E-state index in [1.165, 1.54) is 18.2 Å². The van der Waals surface area contributed by atoms with Crippen molar-refractivity contribution in [2.45, 2.75) is 0 Å². The van der Waals surface area contributed by atoms with Crippen LogP contribution >= 0.6 is 0 Å². The number of carboxylic acids is 2. The van der Waals surface area contributed by atoms with Gasteiger partial charge in [0.05, 0.1) is 24.3 Å². The molecule has 1 aliphatic rings. The summed E-state index contributed by atoms with van der Waals surface area (Å²) < 4.78 is 5.01. The van der Waals surface area contributed by atoms with E-state index in [4.69, 9.17) is 14.9 Å². The van der Waals surface area contributed by atoms with Gasteiger partial charge in [0.2, 0.25) is 0 Å². The summed E-state index contributed by atoms with van der Waals surface area (Å²) in [5.41, 5.74) is -0.0372. The Kier molecular flexibility index (Phi) is 13.6. The third-order valence-corrected chi connectivity index (χ3v) is 2.20. The van der Waals surface area contributed by atoms with E-state index in [2.05, 4.69) is 5.32 Å². The Labute approximate surface area is 159 Å². The van der Waals surface area contributed by atoms with Crippen LogP contribution in [0, 0.1) is 0 Å². The van der Waals surface area contributed by atoms with Crippen LogP contribution < -0.4 is 5.32 Å². The molecule has 0 radical (unpaired) electrons. The molecule has 0 amide bonds. The molecule has 1 aromatic carbocycles. The summed E-state index contributed by atoms with van der Waals surface area (Å²) >= 11 is 0. The van der Waals surface area contributed by atoms with Gasteiger partial charge < -0.3 is 25.7 Å². The molecule has 0 aromatic heterocycles. The van der Waals surface area contributed by atoms with Gasteiger partial charge in [-0.3, -0.25) is 0 Å². The van der Waals surface area contributed by atoms with Crippen LogP contribution in [0.2, 0.25) is 0 Å². The van der Waals surface area contributed by atoms with Gasteiger partial charge in [0, 0.05) is 13.1 Å². The van der Waals surface area contributed by atoms with Crippen molar-refractivity contribution in [3.8, 4) is 0 Å². The first-order chi connectivity index (χ1) is 8.61. The zero-order valence-electron chi connectivity index (χ0n) is 10.3. The predicted octanol–water partition coefficient (Wildman–Crippen LogP) is -0.784. The van der Waals surface area contributed by atoms with E-state index in [9.17, 15) is 9.59 Å². The van der Waals surface area contributed by atoms with E-state index in [0.29, 0.717) is 0 Å². The second-order valence-corrected chi connectivity index (χ2v) is 3.55. The Morgan fingerprint density at radius 1 is 1.05 bits per heavy atom. The fourth-order valence-corrected chi connectivity index (χ4v) is 1.30. The molecule has 8 heteroatoms. The van der Waals surface area contributed by atoms with Crippen molar-refractivity contribution >= 4 is 63.3 Å². The van der Waals surface area contributed by atoms with E-state index in [0.717, 1.165) is 32.4 Å². The standard InChI is InChI=1S/C8H6O4.C4H9NO.K.H2O.H/c9-7(10)5-2-1-3-6(4-5)8(11)12;1-3-6-4-2-5-1;;;/h1-4H,(H,9,10)(H,11,12);5H,1-4H2;;1H2;. The van der Waals surface area contributed by atoms with Crippen molar-refractivity contribution < 1.29 is 30.0 Å². The average Bonchev–Trinajstić information content (AvgIpc) is 2.41. The Morgan fingerprint density at radius 3 is 1.75 bits per heavy atom. The molecule has 0 saturated carbocycles. The molecule has 20 heavy (non-hydrogen) atoms. The van der Waals surface area contributed by atoms with E-state index in [1.54, 1.807) is 0 Å².